The van der Waals surface area contributed by atoms with Crippen LogP contribution in [0.25, 0.3) is 0 Å². The lowest BCUT2D eigenvalue weighted by molar-refractivity contribution is -0.141. The number of nitrogens with one attached hydrogen (secondary N) is 1. The molecule has 1 amide bonds. The van der Waals surface area contributed by atoms with E-state index in [-0.39, 0.29) is 30.4 Å². The fourth-order valence-corrected chi connectivity index (χ4v) is 2.72. The highest BCUT2D eigenvalue weighted by Crippen LogP contribution is 2.27. The zero-order valence-electron chi connectivity index (χ0n) is 14.6. The maximum absolute atomic E-state index is 12.8. The fraction of sp³-hybridized carbons (Fsp3) is 0.688. The molecule has 2 rings (SSSR count). The Morgan fingerprint density at radius 1 is 1.24 bits per heavy atom. The first-order valence-electron chi connectivity index (χ1n) is 8.33. The van der Waals surface area contributed by atoms with Crippen LogP contribution >= 0.6 is 0 Å². The summed E-state index contributed by atoms with van der Waals surface area (Å²) in [6.07, 6.45) is -3.31. The normalized spacial score (nSPS) is 17.3. The number of aryl methyl sites for hydroxylation is 1. The molecule has 1 aromatic heterocycles. The minimum absolute atomic E-state index is 0.0871. The standard InChI is InChI=1S/C16H24F3N5O/c1-12-10-13(16(17,18)19)22-14(21-12)4-5-20-15(25)11-24-7-3-6-23(2)8-9-24/h10H,3-9,11H2,1-2H3,(H,20,25). The second-order valence-electron chi connectivity index (χ2n) is 6.34. The van der Waals surface area contributed by atoms with Crippen LogP contribution in [0.1, 0.15) is 23.6 Å². The van der Waals surface area contributed by atoms with E-state index in [1.54, 1.807) is 0 Å². The smallest absolute Gasteiger partial charge is 0.355 e. The molecule has 9 heteroatoms. The molecule has 1 fully saturated rings. The maximum Gasteiger partial charge on any atom is 0.433 e. The van der Waals surface area contributed by atoms with Crippen LogP contribution < -0.4 is 5.32 Å². The van der Waals surface area contributed by atoms with Crippen molar-refractivity contribution >= 4 is 5.91 Å². The third kappa shape index (κ3) is 6.58. The van der Waals surface area contributed by atoms with Gasteiger partial charge in [-0.05, 0) is 39.5 Å². The molecule has 0 unspecified atom stereocenters. The molecule has 0 atom stereocenters. The number of rotatable bonds is 5. The number of halogens is 3. The summed E-state index contributed by atoms with van der Waals surface area (Å²) < 4.78 is 38.3. The Balaban J connectivity index is 1.80. The summed E-state index contributed by atoms with van der Waals surface area (Å²) in [5, 5.41) is 2.73. The minimum atomic E-state index is -4.49. The van der Waals surface area contributed by atoms with Crippen molar-refractivity contribution in [1.82, 2.24) is 25.1 Å². The molecular weight excluding hydrogens is 335 g/mol. The van der Waals surface area contributed by atoms with Crippen molar-refractivity contribution in [3.63, 3.8) is 0 Å². The minimum Gasteiger partial charge on any atom is -0.355 e. The zero-order valence-corrected chi connectivity index (χ0v) is 14.6. The molecule has 0 spiro atoms. The van der Waals surface area contributed by atoms with Crippen molar-refractivity contribution in [2.24, 2.45) is 0 Å². The summed E-state index contributed by atoms with van der Waals surface area (Å²) in [6, 6.07) is 0.915. The van der Waals surface area contributed by atoms with Crippen LogP contribution in [0.3, 0.4) is 0 Å². The fourth-order valence-electron chi connectivity index (χ4n) is 2.72. The highest BCUT2D eigenvalue weighted by molar-refractivity contribution is 5.78. The Bertz CT molecular complexity index is 594. The summed E-state index contributed by atoms with van der Waals surface area (Å²) in [5.74, 6) is -0.0442. The predicted molar refractivity (Wildman–Crippen MR) is 87.0 cm³/mol. The largest absolute Gasteiger partial charge is 0.433 e. The summed E-state index contributed by atoms with van der Waals surface area (Å²) in [5.41, 5.74) is -0.688. The number of carbonyl (C=O) groups is 1. The lowest BCUT2D eigenvalue weighted by Gasteiger charge is -2.19. The van der Waals surface area contributed by atoms with Gasteiger partial charge in [-0.15, -0.1) is 0 Å². The van der Waals surface area contributed by atoms with Gasteiger partial charge in [-0.25, -0.2) is 9.97 Å². The van der Waals surface area contributed by atoms with Gasteiger partial charge in [0.05, 0.1) is 6.54 Å². The van der Waals surface area contributed by atoms with Crippen molar-refractivity contribution in [2.75, 3.05) is 46.3 Å². The summed E-state index contributed by atoms with van der Waals surface area (Å²) >= 11 is 0. The monoisotopic (exact) mass is 359 g/mol. The number of hydrogen-bond donors (Lipinski definition) is 1. The zero-order chi connectivity index (χ0) is 18.4. The van der Waals surface area contributed by atoms with Gasteiger partial charge in [0.1, 0.15) is 11.5 Å². The van der Waals surface area contributed by atoms with Crippen molar-refractivity contribution in [3.8, 4) is 0 Å². The molecule has 1 saturated heterocycles. The number of amides is 1. The number of aromatic nitrogens is 2. The SMILES string of the molecule is Cc1cc(C(F)(F)F)nc(CCNC(=O)CN2CCCN(C)CC2)n1. The van der Waals surface area contributed by atoms with Gasteiger partial charge in [0.15, 0.2) is 0 Å². The van der Waals surface area contributed by atoms with Gasteiger partial charge in [-0.2, -0.15) is 13.2 Å². The van der Waals surface area contributed by atoms with E-state index in [0.29, 0.717) is 6.54 Å². The van der Waals surface area contributed by atoms with Gasteiger partial charge in [-0.1, -0.05) is 0 Å². The van der Waals surface area contributed by atoms with Gasteiger partial charge in [0.2, 0.25) is 5.91 Å². The highest BCUT2D eigenvalue weighted by Gasteiger charge is 2.33. The number of alkyl halides is 3. The average Bonchev–Trinajstić information content (AvgIpc) is 2.70. The van der Waals surface area contributed by atoms with E-state index in [1.165, 1.54) is 6.92 Å². The molecule has 0 aliphatic carbocycles. The summed E-state index contributed by atoms with van der Waals surface area (Å²) in [6.45, 7) is 5.65. The third-order valence-electron chi connectivity index (χ3n) is 4.04. The summed E-state index contributed by atoms with van der Waals surface area (Å²) in [7, 11) is 2.06. The first kappa shape index (κ1) is 19.6. The van der Waals surface area contributed by atoms with Crippen molar-refractivity contribution < 1.29 is 18.0 Å². The first-order chi connectivity index (χ1) is 11.7. The molecule has 25 heavy (non-hydrogen) atoms. The van der Waals surface area contributed by atoms with Gasteiger partial charge in [0, 0.05) is 31.7 Å². The molecule has 6 nitrogen and oxygen atoms in total. The quantitative estimate of drug-likeness (QED) is 0.853. The lowest BCUT2D eigenvalue weighted by Crippen LogP contribution is -2.39. The van der Waals surface area contributed by atoms with E-state index in [2.05, 4.69) is 32.1 Å². The van der Waals surface area contributed by atoms with E-state index < -0.39 is 11.9 Å². The molecule has 0 bridgehead atoms. The number of hydrogen-bond acceptors (Lipinski definition) is 5. The molecule has 1 aromatic rings. The highest BCUT2D eigenvalue weighted by atomic mass is 19.4. The van der Waals surface area contributed by atoms with Crippen LogP contribution in [0.15, 0.2) is 6.07 Å². The van der Waals surface area contributed by atoms with E-state index in [1.807, 2.05) is 0 Å². The van der Waals surface area contributed by atoms with E-state index in [0.717, 1.165) is 38.7 Å². The number of nitrogens with zero attached hydrogens (tertiary/aromatic N) is 4. The molecule has 0 saturated carbocycles. The molecule has 1 N–H and O–H groups in total. The molecule has 1 aliphatic heterocycles. The Hall–Kier alpha value is -1.74. The van der Waals surface area contributed by atoms with Crippen LogP contribution in [0, 0.1) is 6.92 Å². The van der Waals surface area contributed by atoms with Gasteiger partial charge >= 0.3 is 6.18 Å². The van der Waals surface area contributed by atoms with Gasteiger partial charge in [0.25, 0.3) is 0 Å². The van der Waals surface area contributed by atoms with Crippen LogP contribution in [0.2, 0.25) is 0 Å². The van der Waals surface area contributed by atoms with Crippen molar-refractivity contribution in [2.45, 2.75) is 25.9 Å². The van der Waals surface area contributed by atoms with E-state index >= 15 is 0 Å². The second-order valence-corrected chi connectivity index (χ2v) is 6.34. The Morgan fingerprint density at radius 3 is 2.72 bits per heavy atom. The first-order valence-corrected chi connectivity index (χ1v) is 8.33. The maximum atomic E-state index is 12.8. The lowest BCUT2D eigenvalue weighted by atomic mass is 10.3. The molecular formula is C16H24F3N5O. The predicted octanol–water partition coefficient (Wildman–Crippen LogP) is 1.10. The Labute approximate surface area is 145 Å². The van der Waals surface area contributed by atoms with Crippen molar-refractivity contribution in [1.29, 1.82) is 0 Å². The van der Waals surface area contributed by atoms with Crippen LogP contribution in [-0.4, -0.2) is 72.0 Å². The topological polar surface area (TPSA) is 61.4 Å². The third-order valence-corrected chi connectivity index (χ3v) is 4.04. The molecule has 0 radical (unpaired) electrons. The van der Waals surface area contributed by atoms with Gasteiger partial charge in [-0.3, -0.25) is 9.69 Å². The molecule has 2 heterocycles. The van der Waals surface area contributed by atoms with Crippen molar-refractivity contribution in [3.05, 3.63) is 23.3 Å². The molecule has 1 aliphatic rings. The Morgan fingerprint density at radius 2 is 2.00 bits per heavy atom. The summed E-state index contributed by atoms with van der Waals surface area (Å²) in [4.78, 5) is 23.9. The molecule has 0 aromatic carbocycles. The second kappa shape index (κ2) is 8.57. The van der Waals surface area contributed by atoms with Crippen LogP contribution in [-0.2, 0) is 17.4 Å². The number of carbonyl (C=O) groups excluding carboxylic acids is 1. The van der Waals surface area contributed by atoms with Gasteiger partial charge < -0.3 is 10.2 Å². The average molecular weight is 359 g/mol. The van der Waals surface area contributed by atoms with E-state index in [4.69, 9.17) is 0 Å². The Kier molecular flexibility index (Phi) is 6.71. The van der Waals surface area contributed by atoms with E-state index in [9.17, 15) is 18.0 Å². The van der Waals surface area contributed by atoms with Crippen LogP contribution in [0.5, 0.6) is 0 Å². The molecule has 140 valence electrons. The van der Waals surface area contributed by atoms with Crippen LogP contribution in [0.4, 0.5) is 13.2 Å². The number of likely N-dealkylation sites (N-methyl/N-ethyl adjacent to an activating group) is 1.